The van der Waals surface area contributed by atoms with E-state index in [0.29, 0.717) is 17.7 Å². The summed E-state index contributed by atoms with van der Waals surface area (Å²) in [6, 6.07) is 2.70. The minimum atomic E-state index is -9.57. The molecule has 0 saturated carbocycles. The van der Waals surface area contributed by atoms with E-state index >= 15 is 0 Å². The minimum absolute atomic E-state index is 0.125. The topological polar surface area (TPSA) is 12.4 Å². The van der Waals surface area contributed by atoms with Crippen LogP contribution >= 0.6 is 22.2 Å². The summed E-state index contributed by atoms with van der Waals surface area (Å²) in [5.41, 5.74) is 0.336. The number of halogens is 5. The predicted octanol–water partition coefficient (Wildman–Crippen LogP) is 6.21. The Labute approximate surface area is 113 Å². The molecule has 19 heavy (non-hydrogen) atoms. The molecule has 1 aromatic carbocycles. The highest BCUT2D eigenvalue weighted by Crippen LogP contribution is 3.02. The maximum absolute atomic E-state index is 12.4. The fourth-order valence-corrected chi connectivity index (χ4v) is 2.20. The molecule has 0 aliphatic heterocycles. The van der Waals surface area contributed by atoms with Gasteiger partial charge in [0.15, 0.2) is 0 Å². The second-order valence-corrected chi connectivity index (χ2v) is 9.00. The average Bonchev–Trinajstić information content (AvgIpc) is 2.12. The zero-order valence-electron chi connectivity index (χ0n) is 10.5. The largest absolute Gasteiger partial charge is 0.310 e. The molecule has 1 rings (SSSR count). The van der Waals surface area contributed by atoms with Gasteiger partial charge in [0.25, 0.3) is 0 Å². The van der Waals surface area contributed by atoms with E-state index in [2.05, 4.69) is 4.40 Å². The van der Waals surface area contributed by atoms with Gasteiger partial charge in [0, 0.05) is 11.0 Å². The lowest BCUT2D eigenvalue weighted by Crippen LogP contribution is -2.06. The maximum Gasteiger partial charge on any atom is 0.310 e. The van der Waals surface area contributed by atoms with Crippen LogP contribution in [0.4, 0.5) is 19.4 Å². The first-order valence-corrected chi connectivity index (χ1v) is 7.96. The third-order valence-corrected chi connectivity index (χ3v) is 3.78. The van der Waals surface area contributed by atoms with Crippen molar-refractivity contribution in [1.82, 2.24) is 0 Å². The van der Waals surface area contributed by atoms with E-state index < -0.39 is 15.1 Å². The van der Waals surface area contributed by atoms with Crippen LogP contribution < -0.4 is 0 Å². The number of rotatable bonds is 3. The number of hydrogen-bond acceptors (Lipinski definition) is 2. The van der Waals surface area contributed by atoms with Gasteiger partial charge in [-0.2, -0.15) is 0 Å². The molecule has 1 aromatic rings. The van der Waals surface area contributed by atoms with Gasteiger partial charge in [-0.25, -0.2) is 4.40 Å². The van der Waals surface area contributed by atoms with Crippen molar-refractivity contribution in [2.24, 2.45) is 4.40 Å². The fourth-order valence-electron chi connectivity index (χ4n) is 1.06. The van der Waals surface area contributed by atoms with E-state index in [-0.39, 0.29) is 4.75 Å². The van der Waals surface area contributed by atoms with Crippen LogP contribution in [0, 0.1) is 0 Å². The minimum Gasteiger partial charge on any atom is -0.223 e. The van der Waals surface area contributed by atoms with Crippen LogP contribution in [0.1, 0.15) is 26.3 Å². The van der Waals surface area contributed by atoms with Crippen LogP contribution in [0.15, 0.2) is 33.6 Å². The molecule has 0 amide bonds. The van der Waals surface area contributed by atoms with Gasteiger partial charge >= 0.3 is 10.2 Å². The molecule has 8 heteroatoms. The Morgan fingerprint density at radius 2 is 1.47 bits per heavy atom. The van der Waals surface area contributed by atoms with Crippen LogP contribution in [-0.2, 0) is 0 Å². The molecule has 0 unspecified atom stereocenters. The van der Waals surface area contributed by atoms with Crippen molar-refractivity contribution in [2.75, 3.05) is 0 Å². The molecular weight excluding hydrogens is 305 g/mol. The third-order valence-electron chi connectivity index (χ3n) is 1.85. The summed E-state index contributed by atoms with van der Waals surface area (Å²) in [5.74, 6) is 0. The first-order valence-electron chi connectivity index (χ1n) is 5.23. The summed E-state index contributed by atoms with van der Waals surface area (Å²) in [7, 11) is -9.57. The van der Waals surface area contributed by atoms with Gasteiger partial charge < -0.3 is 0 Å². The molecule has 0 aliphatic rings. The molecule has 0 spiro atoms. The molecule has 0 heterocycles. The molecule has 0 atom stereocenters. The smallest absolute Gasteiger partial charge is 0.223 e. The Morgan fingerprint density at radius 3 is 1.84 bits per heavy atom. The van der Waals surface area contributed by atoms with Crippen molar-refractivity contribution in [3.63, 3.8) is 0 Å². The Morgan fingerprint density at radius 1 is 1.00 bits per heavy atom. The van der Waals surface area contributed by atoms with Crippen molar-refractivity contribution in [3.05, 3.63) is 29.8 Å². The maximum atomic E-state index is 12.4. The van der Waals surface area contributed by atoms with Crippen molar-refractivity contribution in [3.8, 4) is 0 Å². The summed E-state index contributed by atoms with van der Waals surface area (Å²) in [6.07, 6.45) is 1.34. The van der Waals surface area contributed by atoms with Crippen LogP contribution in [0.2, 0.25) is 0 Å². The lowest BCUT2D eigenvalue weighted by Gasteiger charge is -2.40. The summed E-state index contributed by atoms with van der Waals surface area (Å²) < 4.78 is 66.1. The van der Waals surface area contributed by atoms with E-state index in [4.69, 9.17) is 0 Å². The normalized spacial score (nSPS) is 17.3. The predicted molar refractivity (Wildman–Crippen MR) is 72.8 cm³/mol. The van der Waals surface area contributed by atoms with E-state index in [1.165, 1.54) is 18.2 Å². The molecule has 0 aliphatic carbocycles. The molecule has 0 saturated heterocycles. The molecule has 1 nitrogen and oxygen atoms in total. The molecular formula is C11H14F5NS2. The van der Waals surface area contributed by atoms with Gasteiger partial charge in [-0.15, -0.1) is 0 Å². The van der Waals surface area contributed by atoms with E-state index in [1.807, 2.05) is 20.8 Å². The van der Waals surface area contributed by atoms with E-state index in [9.17, 15) is 19.4 Å². The molecule has 0 fully saturated rings. The summed E-state index contributed by atoms with van der Waals surface area (Å²) in [4.78, 5) is -1.89. The van der Waals surface area contributed by atoms with Gasteiger partial charge in [-0.1, -0.05) is 31.6 Å². The van der Waals surface area contributed by atoms with Crippen molar-refractivity contribution in [1.29, 1.82) is 0 Å². The van der Waals surface area contributed by atoms with Gasteiger partial charge in [-0.05, 0) is 50.4 Å². The van der Waals surface area contributed by atoms with Gasteiger partial charge in [0.1, 0.15) is 4.90 Å². The SMILES string of the molecule is CC(C)(C)S/N=C\c1ccc(S(F)(F)(F)(F)F)cc1. The highest BCUT2D eigenvalue weighted by atomic mass is 32.5. The zero-order chi connectivity index (χ0) is 15.0. The summed E-state index contributed by atoms with van der Waals surface area (Å²) in [5, 5.41) is 0. The van der Waals surface area contributed by atoms with E-state index in [1.54, 1.807) is 0 Å². The quantitative estimate of drug-likeness (QED) is 0.366. The standard InChI is InChI=1S/C11H14F5NS2/c1-11(2,3)18-17-8-9-4-6-10(7-5-9)19(12,13,14,15)16/h4-8H,1-3H3/b17-8-. The lowest BCUT2D eigenvalue weighted by atomic mass is 10.2. The third kappa shape index (κ3) is 5.82. The first kappa shape index (κ1) is 16.3. The van der Waals surface area contributed by atoms with Crippen LogP contribution in [-0.4, -0.2) is 11.0 Å². The van der Waals surface area contributed by atoms with Crippen molar-refractivity contribution in [2.45, 2.75) is 30.4 Å². The number of nitrogens with zero attached hydrogens (tertiary/aromatic N) is 1. The second kappa shape index (κ2) is 4.12. The van der Waals surface area contributed by atoms with Gasteiger partial charge in [0.2, 0.25) is 0 Å². The lowest BCUT2D eigenvalue weighted by molar-refractivity contribution is 0.364. The van der Waals surface area contributed by atoms with Crippen LogP contribution in [0.25, 0.3) is 0 Å². The average molecular weight is 319 g/mol. The van der Waals surface area contributed by atoms with Crippen molar-refractivity contribution >= 4 is 28.4 Å². The highest BCUT2D eigenvalue weighted by molar-refractivity contribution is 8.45. The summed E-state index contributed by atoms with van der Waals surface area (Å²) in [6.45, 7) is 5.77. The second-order valence-electron chi connectivity index (χ2n) is 4.98. The van der Waals surface area contributed by atoms with Crippen LogP contribution in [0.5, 0.6) is 0 Å². The Hall–Kier alpha value is -0.760. The summed E-state index contributed by atoms with van der Waals surface area (Å²) >= 11 is 1.24. The zero-order valence-corrected chi connectivity index (χ0v) is 12.2. The Bertz CT molecular complexity index is 484. The first-order chi connectivity index (χ1) is 8.17. The van der Waals surface area contributed by atoms with E-state index in [0.717, 1.165) is 12.1 Å². The van der Waals surface area contributed by atoms with Crippen molar-refractivity contribution < 1.29 is 19.4 Å². The number of benzene rings is 1. The molecule has 0 radical (unpaired) electrons. The monoisotopic (exact) mass is 319 g/mol. The van der Waals surface area contributed by atoms with Gasteiger partial charge in [-0.3, -0.25) is 0 Å². The molecule has 0 bridgehead atoms. The van der Waals surface area contributed by atoms with Gasteiger partial charge in [0.05, 0.1) is 0 Å². The molecule has 0 N–H and O–H groups in total. The highest BCUT2D eigenvalue weighted by Gasteiger charge is 2.65. The Kier molecular flexibility index (Phi) is 3.53. The van der Waals surface area contributed by atoms with Crippen LogP contribution in [0.3, 0.4) is 0 Å². The number of hydrogen-bond donors (Lipinski definition) is 0. The molecule has 110 valence electrons. The fraction of sp³-hybridized carbons (Fsp3) is 0.364. The molecule has 0 aromatic heterocycles. The Balaban J connectivity index is 2.91.